The van der Waals surface area contributed by atoms with Crippen molar-refractivity contribution in [1.82, 2.24) is 9.88 Å². The van der Waals surface area contributed by atoms with Gasteiger partial charge in [-0.1, -0.05) is 12.1 Å². The number of para-hydroxylation sites is 1. The summed E-state index contributed by atoms with van der Waals surface area (Å²) in [5, 5.41) is 4.47. The van der Waals surface area contributed by atoms with Gasteiger partial charge in [-0.3, -0.25) is 0 Å². The quantitative estimate of drug-likeness (QED) is 0.615. The highest BCUT2D eigenvalue weighted by atomic mass is 32.1. The fourth-order valence-corrected chi connectivity index (χ4v) is 3.84. The molecule has 0 spiro atoms. The molecular formula is C22H24FN5OS. The third-order valence-corrected chi connectivity index (χ3v) is 5.45. The minimum atomic E-state index is -0.320. The Kier molecular flexibility index (Phi) is 5.85. The number of nitrogens with zero attached hydrogens (tertiary/aromatic N) is 3. The Morgan fingerprint density at radius 3 is 2.67 bits per heavy atom. The molecule has 0 atom stereocenters. The number of pyridine rings is 1. The van der Waals surface area contributed by atoms with Crippen molar-refractivity contribution in [2.24, 2.45) is 0 Å². The Labute approximate surface area is 180 Å². The second-order valence-electron chi connectivity index (χ2n) is 7.07. The van der Waals surface area contributed by atoms with Crippen LogP contribution in [0.3, 0.4) is 0 Å². The molecule has 6 nitrogen and oxygen atoms in total. The summed E-state index contributed by atoms with van der Waals surface area (Å²) >= 11 is 5.47. The van der Waals surface area contributed by atoms with Crippen molar-refractivity contribution in [3.05, 3.63) is 54.3 Å². The molecule has 1 aliphatic rings. The number of nitrogens with one attached hydrogen (secondary N) is 1. The molecule has 0 bridgehead atoms. The fourth-order valence-electron chi connectivity index (χ4n) is 3.55. The van der Waals surface area contributed by atoms with Crippen LogP contribution in [0.1, 0.15) is 6.92 Å². The van der Waals surface area contributed by atoms with Crippen molar-refractivity contribution in [2.75, 3.05) is 48.7 Å². The van der Waals surface area contributed by atoms with Crippen LogP contribution in [0.2, 0.25) is 0 Å². The van der Waals surface area contributed by atoms with E-state index >= 15 is 0 Å². The van der Waals surface area contributed by atoms with Crippen LogP contribution < -0.4 is 20.7 Å². The second kappa shape index (κ2) is 8.71. The van der Waals surface area contributed by atoms with Gasteiger partial charge in [-0.25, -0.2) is 9.37 Å². The molecule has 30 heavy (non-hydrogen) atoms. The lowest BCUT2D eigenvalue weighted by Crippen LogP contribution is -2.50. The third-order valence-electron chi connectivity index (χ3n) is 5.09. The molecule has 156 valence electrons. The number of thiocarbonyl (C=S) groups is 1. The minimum absolute atomic E-state index is 0.320. The molecule has 0 saturated carbocycles. The Morgan fingerprint density at radius 1 is 1.17 bits per heavy atom. The van der Waals surface area contributed by atoms with Crippen molar-refractivity contribution in [3.63, 3.8) is 0 Å². The molecule has 4 rings (SSSR count). The van der Waals surface area contributed by atoms with Gasteiger partial charge >= 0.3 is 0 Å². The molecule has 0 radical (unpaired) electrons. The average molecular weight is 426 g/mol. The number of fused-ring (bicyclic) bond motifs is 1. The van der Waals surface area contributed by atoms with Crippen LogP contribution in [0.15, 0.2) is 48.5 Å². The molecule has 1 saturated heterocycles. The lowest BCUT2D eigenvalue weighted by molar-refractivity contribution is 0.340. The number of hydrogen-bond donors (Lipinski definition) is 2. The molecule has 8 heteroatoms. The zero-order valence-corrected chi connectivity index (χ0v) is 17.6. The number of aromatic nitrogens is 1. The zero-order chi connectivity index (χ0) is 21.1. The number of anilines is 3. The summed E-state index contributed by atoms with van der Waals surface area (Å²) in [6.45, 7) is 5.41. The molecule has 2 heterocycles. The standard InChI is InChI=1S/C22H24FN5OS/c1-2-29-16-7-8-19-15(13-16)14-18(24)21(25-19)27-9-11-28(12-10-27)22(30)26-20-6-4-3-5-17(20)23/h3-8,13-14H,2,9-12,24H2,1H3,(H,26,30). The van der Waals surface area contributed by atoms with E-state index in [-0.39, 0.29) is 5.82 Å². The van der Waals surface area contributed by atoms with Crippen LogP contribution in [0, 0.1) is 5.82 Å². The molecule has 0 amide bonds. The van der Waals surface area contributed by atoms with Crippen LogP contribution in [-0.4, -0.2) is 47.8 Å². The molecule has 1 aliphatic heterocycles. The largest absolute Gasteiger partial charge is 0.494 e. The Bertz CT molecular complexity index is 1070. The first-order valence-corrected chi connectivity index (χ1v) is 10.3. The summed E-state index contributed by atoms with van der Waals surface area (Å²) in [4.78, 5) is 8.97. The van der Waals surface area contributed by atoms with Crippen LogP contribution in [0.5, 0.6) is 5.75 Å². The van der Waals surface area contributed by atoms with Crippen LogP contribution >= 0.6 is 12.2 Å². The number of rotatable bonds is 4. The molecule has 0 unspecified atom stereocenters. The summed E-state index contributed by atoms with van der Waals surface area (Å²) in [7, 11) is 0. The van der Waals surface area contributed by atoms with Gasteiger partial charge in [0, 0.05) is 31.6 Å². The first kappa shape index (κ1) is 20.2. The highest BCUT2D eigenvalue weighted by Gasteiger charge is 2.22. The van der Waals surface area contributed by atoms with Crippen molar-refractivity contribution < 1.29 is 9.13 Å². The van der Waals surface area contributed by atoms with E-state index < -0.39 is 0 Å². The number of ether oxygens (including phenoxy) is 1. The number of benzene rings is 2. The first-order chi connectivity index (χ1) is 14.5. The van der Waals surface area contributed by atoms with Crippen molar-refractivity contribution in [3.8, 4) is 5.75 Å². The highest BCUT2D eigenvalue weighted by Crippen LogP contribution is 2.29. The van der Waals surface area contributed by atoms with Gasteiger partial charge in [0.25, 0.3) is 0 Å². The summed E-state index contributed by atoms with van der Waals surface area (Å²) in [5.74, 6) is 1.27. The first-order valence-electron chi connectivity index (χ1n) is 9.93. The van der Waals surface area contributed by atoms with Gasteiger partial charge in [0.05, 0.1) is 23.5 Å². The normalized spacial score (nSPS) is 14.1. The van der Waals surface area contributed by atoms with Crippen LogP contribution in [0.4, 0.5) is 21.6 Å². The molecule has 3 N–H and O–H groups in total. The average Bonchev–Trinajstić information content (AvgIpc) is 2.75. The summed E-state index contributed by atoms with van der Waals surface area (Å²) in [5.41, 5.74) is 8.21. The van der Waals surface area contributed by atoms with E-state index in [0.717, 1.165) is 35.6 Å². The van der Waals surface area contributed by atoms with Gasteiger partial charge in [0.2, 0.25) is 0 Å². The van der Waals surface area contributed by atoms with E-state index in [1.165, 1.54) is 6.07 Å². The van der Waals surface area contributed by atoms with E-state index in [1.807, 2.05) is 36.1 Å². The SMILES string of the molecule is CCOc1ccc2nc(N3CCN(C(=S)Nc4ccccc4F)CC3)c(N)cc2c1. The Hall–Kier alpha value is -3.13. The van der Waals surface area contributed by atoms with E-state index in [4.69, 9.17) is 27.7 Å². The van der Waals surface area contributed by atoms with E-state index in [0.29, 0.717) is 36.2 Å². The maximum Gasteiger partial charge on any atom is 0.173 e. The predicted molar refractivity (Wildman–Crippen MR) is 124 cm³/mol. The summed E-state index contributed by atoms with van der Waals surface area (Å²) in [6.07, 6.45) is 0. The van der Waals surface area contributed by atoms with Gasteiger partial charge in [-0.15, -0.1) is 0 Å². The molecule has 3 aromatic rings. The van der Waals surface area contributed by atoms with Gasteiger partial charge in [-0.2, -0.15) is 0 Å². The van der Waals surface area contributed by atoms with Crippen molar-refractivity contribution in [1.29, 1.82) is 0 Å². The van der Waals surface area contributed by atoms with Crippen molar-refractivity contribution in [2.45, 2.75) is 6.92 Å². The molecule has 2 aromatic carbocycles. The van der Waals surface area contributed by atoms with Gasteiger partial charge in [-0.05, 0) is 55.5 Å². The number of nitrogen functional groups attached to an aromatic ring is 1. The number of piperazine rings is 1. The maximum atomic E-state index is 13.9. The predicted octanol–water partition coefficient (Wildman–Crippen LogP) is 3.87. The number of nitrogens with two attached hydrogens (primary N) is 1. The van der Waals surface area contributed by atoms with Gasteiger partial charge < -0.3 is 25.6 Å². The van der Waals surface area contributed by atoms with E-state index in [9.17, 15) is 4.39 Å². The summed E-state index contributed by atoms with van der Waals surface area (Å²) < 4.78 is 19.4. The lowest BCUT2D eigenvalue weighted by Gasteiger charge is -2.37. The van der Waals surface area contributed by atoms with Gasteiger partial charge in [0.15, 0.2) is 10.9 Å². The van der Waals surface area contributed by atoms with Crippen LogP contribution in [0.25, 0.3) is 10.9 Å². The maximum absolute atomic E-state index is 13.9. The molecule has 1 fully saturated rings. The number of hydrogen-bond acceptors (Lipinski definition) is 5. The number of halogens is 1. The smallest absolute Gasteiger partial charge is 0.173 e. The lowest BCUT2D eigenvalue weighted by atomic mass is 10.2. The Morgan fingerprint density at radius 2 is 1.93 bits per heavy atom. The molecule has 1 aromatic heterocycles. The fraction of sp³-hybridized carbons (Fsp3) is 0.273. The van der Waals surface area contributed by atoms with Crippen molar-refractivity contribution >= 4 is 45.4 Å². The van der Waals surface area contributed by atoms with Crippen LogP contribution in [-0.2, 0) is 0 Å². The zero-order valence-electron chi connectivity index (χ0n) is 16.8. The van der Waals surface area contributed by atoms with Gasteiger partial charge in [0.1, 0.15) is 11.6 Å². The monoisotopic (exact) mass is 425 g/mol. The highest BCUT2D eigenvalue weighted by molar-refractivity contribution is 7.80. The second-order valence-corrected chi connectivity index (χ2v) is 7.46. The Balaban J connectivity index is 1.44. The van der Waals surface area contributed by atoms with E-state index in [1.54, 1.807) is 18.2 Å². The molecular weight excluding hydrogens is 401 g/mol. The minimum Gasteiger partial charge on any atom is -0.494 e. The summed E-state index contributed by atoms with van der Waals surface area (Å²) in [6, 6.07) is 14.3. The topological polar surface area (TPSA) is 66.7 Å². The third kappa shape index (κ3) is 4.23. The molecule has 0 aliphatic carbocycles. The van der Waals surface area contributed by atoms with E-state index in [2.05, 4.69) is 10.2 Å².